The zero-order valence-electron chi connectivity index (χ0n) is 20.9. The lowest BCUT2D eigenvalue weighted by Gasteiger charge is -2.32. The molecule has 2 amide bonds. The minimum atomic E-state index is -4.28. The molecule has 3 aromatic rings. The molecule has 0 aliphatic carbocycles. The second-order valence-corrected chi connectivity index (χ2v) is 11.2. The number of hydrogen-bond donors (Lipinski definition) is 1. The molecule has 0 radical (unpaired) electrons. The number of benzene rings is 3. The third kappa shape index (κ3) is 7.03. The van der Waals surface area contributed by atoms with Gasteiger partial charge in [0.05, 0.1) is 15.6 Å². The lowest BCUT2D eigenvalue weighted by molar-refractivity contribution is -0.139. The van der Waals surface area contributed by atoms with Gasteiger partial charge in [-0.3, -0.25) is 13.9 Å². The quantitative estimate of drug-likeness (QED) is 0.335. The number of amides is 2. The highest BCUT2D eigenvalue weighted by Gasteiger charge is 2.33. The normalized spacial score (nSPS) is 12.0. The van der Waals surface area contributed by atoms with Crippen molar-refractivity contribution in [2.24, 2.45) is 0 Å². The molecule has 0 heterocycles. The Bertz CT molecular complexity index is 1390. The first-order valence-electron chi connectivity index (χ1n) is 11.9. The van der Waals surface area contributed by atoms with Crippen molar-refractivity contribution < 1.29 is 22.4 Å². The van der Waals surface area contributed by atoms with Crippen LogP contribution in [-0.2, 0) is 26.2 Å². The van der Waals surface area contributed by atoms with Gasteiger partial charge in [-0.15, -0.1) is 0 Å². The lowest BCUT2D eigenvalue weighted by atomic mass is 10.1. The van der Waals surface area contributed by atoms with Crippen molar-refractivity contribution in [2.75, 3.05) is 17.4 Å². The molecule has 7 nitrogen and oxygen atoms in total. The SMILES string of the molecule is CCCNC(=O)C(C)N(Cc1ccccc1F)C(=O)CN(c1ccc(Cl)cc1Cl)S(=O)(=O)c1ccccc1. The van der Waals surface area contributed by atoms with Crippen LogP contribution < -0.4 is 9.62 Å². The maximum atomic E-state index is 14.5. The van der Waals surface area contributed by atoms with E-state index in [1.807, 2.05) is 6.92 Å². The summed E-state index contributed by atoms with van der Waals surface area (Å²) in [6.45, 7) is 2.84. The van der Waals surface area contributed by atoms with Gasteiger partial charge in [0.1, 0.15) is 18.4 Å². The third-order valence-corrected chi connectivity index (χ3v) is 8.12. The van der Waals surface area contributed by atoms with Gasteiger partial charge in [-0.05, 0) is 49.7 Å². The van der Waals surface area contributed by atoms with E-state index in [2.05, 4.69) is 5.32 Å². The number of anilines is 1. The van der Waals surface area contributed by atoms with Crippen LogP contribution in [0, 0.1) is 5.82 Å². The Hall–Kier alpha value is -3.14. The third-order valence-electron chi connectivity index (χ3n) is 5.80. The summed E-state index contributed by atoms with van der Waals surface area (Å²) in [5, 5.41) is 3.03. The summed E-state index contributed by atoms with van der Waals surface area (Å²) in [7, 11) is -4.28. The van der Waals surface area contributed by atoms with E-state index in [1.54, 1.807) is 24.3 Å². The van der Waals surface area contributed by atoms with E-state index in [1.165, 1.54) is 55.5 Å². The summed E-state index contributed by atoms with van der Waals surface area (Å²) in [4.78, 5) is 27.7. The van der Waals surface area contributed by atoms with Gasteiger partial charge < -0.3 is 10.2 Å². The van der Waals surface area contributed by atoms with Crippen molar-refractivity contribution in [3.05, 3.63) is 94.2 Å². The number of nitrogens with zero attached hydrogens (tertiary/aromatic N) is 2. The highest BCUT2D eigenvalue weighted by molar-refractivity contribution is 7.92. The molecular formula is C27H28Cl2FN3O4S. The van der Waals surface area contributed by atoms with Crippen LogP contribution in [0.3, 0.4) is 0 Å². The Morgan fingerprint density at radius 2 is 1.66 bits per heavy atom. The Morgan fingerprint density at radius 1 is 1.00 bits per heavy atom. The molecule has 0 fully saturated rings. The first-order chi connectivity index (χ1) is 18.1. The number of carbonyl (C=O) groups excluding carboxylic acids is 2. The maximum absolute atomic E-state index is 14.5. The molecule has 0 aliphatic heterocycles. The first-order valence-corrected chi connectivity index (χ1v) is 14.1. The minimum Gasteiger partial charge on any atom is -0.354 e. The van der Waals surface area contributed by atoms with Gasteiger partial charge in [-0.2, -0.15) is 0 Å². The number of rotatable bonds is 11. The van der Waals surface area contributed by atoms with Crippen molar-refractivity contribution in [3.63, 3.8) is 0 Å². The molecule has 1 unspecified atom stereocenters. The molecule has 0 aliphatic rings. The number of hydrogen-bond acceptors (Lipinski definition) is 4. The van der Waals surface area contributed by atoms with Crippen molar-refractivity contribution in [2.45, 2.75) is 37.8 Å². The molecule has 3 aromatic carbocycles. The summed E-state index contributed by atoms with van der Waals surface area (Å²) in [5.41, 5.74) is 0.209. The zero-order chi connectivity index (χ0) is 27.9. The van der Waals surface area contributed by atoms with Crippen molar-refractivity contribution >= 4 is 50.7 Å². The molecule has 11 heteroatoms. The Balaban J connectivity index is 2.05. The van der Waals surface area contributed by atoms with E-state index in [9.17, 15) is 22.4 Å². The van der Waals surface area contributed by atoms with E-state index in [-0.39, 0.29) is 32.7 Å². The molecule has 1 N–H and O–H groups in total. The van der Waals surface area contributed by atoms with Crippen LogP contribution in [-0.4, -0.2) is 44.3 Å². The molecule has 202 valence electrons. The molecule has 1 atom stereocenters. The molecule has 3 rings (SSSR count). The summed E-state index contributed by atoms with van der Waals surface area (Å²) < 4.78 is 42.8. The van der Waals surface area contributed by atoms with Gasteiger partial charge in [0.2, 0.25) is 11.8 Å². The maximum Gasteiger partial charge on any atom is 0.264 e. The highest BCUT2D eigenvalue weighted by Crippen LogP contribution is 2.33. The Labute approximate surface area is 232 Å². The van der Waals surface area contributed by atoms with Crippen LogP contribution in [0.1, 0.15) is 25.8 Å². The van der Waals surface area contributed by atoms with Gasteiger partial charge in [0.25, 0.3) is 10.0 Å². The molecule has 0 aromatic heterocycles. The standard InChI is InChI=1S/C27H28Cl2FN3O4S/c1-3-15-31-27(35)19(2)32(17-20-9-7-8-12-24(20)30)26(34)18-33(25-14-13-21(28)16-23(25)29)38(36,37)22-10-5-4-6-11-22/h4-14,16,19H,3,15,17-18H2,1-2H3,(H,31,35). The number of halogens is 3. The Kier molecular flexibility index (Phi) is 10.1. The van der Waals surface area contributed by atoms with Gasteiger partial charge in [0, 0.05) is 23.7 Å². The van der Waals surface area contributed by atoms with Crippen molar-refractivity contribution in [1.82, 2.24) is 10.2 Å². The van der Waals surface area contributed by atoms with Crippen LogP contribution in [0.5, 0.6) is 0 Å². The average molecular weight is 581 g/mol. The van der Waals surface area contributed by atoms with E-state index in [4.69, 9.17) is 23.2 Å². The molecular weight excluding hydrogens is 552 g/mol. The second kappa shape index (κ2) is 13.1. The van der Waals surface area contributed by atoms with Crippen LogP contribution in [0.15, 0.2) is 77.7 Å². The van der Waals surface area contributed by atoms with Crippen LogP contribution in [0.25, 0.3) is 0 Å². The molecule has 0 spiro atoms. The van der Waals surface area contributed by atoms with Gasteiger partial charge in [-0.25, -0.2) is 12.8 Å². The molecule has 0 bridgehead atoms. The summed E-state index contributed by atoms with van der Waals surface area (Å²) in [6.07, 6.45) is 0.678. The number of carbonyl (C=O) groups is 2. The van der Waals surface area contributed by atoms with E-state index < -0.39 is 40.2 Å². The Morgan fingerprint density at radius 3 is 2.29 bits per heavy atom. The highest BCUT2D eigenvalue weighted by atomic mass is 35.5. The monoisotopic (exact) mass is 579 g/mol. The van der Waals surface area contributed by atoms with Gasteiger partial charge in [0.15, 0.2) is 0 Å². The average Bonchev–Trinajstić information content (AvgIpc) is 2.90. The van der Waals surface area contributed by atoms with E-state index >= 15 is 0 Å². The van der Waals surface area contributed by atoms with Crippen LogP contribution in [0.2, 0.25) is 10.0 Å². The minimum absolute atomic E-state index is 0.0131. The van der Waals surface area contributed by atoms with Crippen LogP contribution in [0.4, 0.5) is 10.1 Å². The predicted octanol–water partition coefficient (Wildman–Crippen LogP) is 5.27. The summed E-state index contributed by atoms with van der Waals surface area (Å²) in [5.74, 6) is -1.72. The molecule has 38 heavy (non-hydrogen) atoms. The summed E-state index contributed by atoms with van der Waals surface area (Å²) >= 11 is 12.4. The van der Waals surface area contributed by atoms with Crippen molar-refractivity contribution in [3.8, 4) is 0 Å². The van der Waals surface area contributed by atoms with Crippen LogP contribution >= 0.6 is 23.2 Å². The number of sulfonamides is 1. The fourth-order valence-electron chi connectivity index (χ4n) is 3.71. The first kappa shape index (κ1) is 29.4. The van der Waals surface area contributed by atoms with E-state index in [0.29, 0.717) is 13.0 Å². The second-order valence-electron chi connectivity index (χ2n) is 8.50. The fourth-order valence-corrected chi connectivity index (χ4v) is 5.72. The van der Waals surface area contributed by atoms with E-state index in [0.717, 1.165) is 9.21 Å². The topological polar surface area (TPSA) is 86.8 Å². The summed E-state index contributed by atoms with van der Waals surface area (Å²) in [6, 6.07) is 16.7. The smallest absolute Gasteiger partial charge is 0.264 e. The largest absolute Gasteiger partial charge is 0.354 e. The predicted molar refractivity (Wildman–Crippen MR) is 147 cm³/mol. The zero-order valence-corrected chi connectivity index (χ0v) is 23.2. The molecule has 0 saturated heterocycles. The molecule has 0 saturated carbocycles. The van der Waals surface area contributed by atoms with Gasteiger partial charge >= 0.3 is 0 Å². The lowest BCUT2D eigenvalue weighted by Crippen LogP contribution is -2.51. The number of nitrogens with one attached hydrogen (secondary N) is 1. The van der Waals surface area contributed by atoms with Gasteiger partial charge in [-0.1, -0.05) is 66.5 Å². The fraction of sp³-hybridized carbons (Fsp3) is 0.259. The van der Waals surface area contributed by atoms with Crippen molar-refractivity contribution in [1.29, 1.82) is 0 Å².